The number of para-hydroxylation sites is 1. The summed E-state index contributed by atoms with van der Waals surface area (Å²) in [5.41, 5.74) is 4.09. The van der Waals surface area contributed by atoms with Crippen molar-refractivity contribution in [2.24, 2.45) is 0 Å². The van der Waals surface area contributed by atoms with Crippen LogP contribution < -0.4 is 15.0 Å². The van der Waals surface area contributed by atoms with Gasteiger partial charge in [0, 0.05) is 25.4 Å². The third-order valence-electron chi connectivity index (χ3n) is 5.56. The van der Waals surface area contributed by atoms with Crippen LogP contribution in [0.1, 0.15) is 34.2 Å². The van der Waals surface area contributed by atoms with Crippen molar-refractivity contribution in [1.82, 2.24) is 5.32 Å². The molecule has 6 heteroatoms. The molecule has 162 valence electrons. The highest BCUT2D eigenvalue weighted by Gasteiger charge is 2.27. The number of furan rings is 1. The largest absolute Gasteiger partial charge is 0.491 e. The average molecular weight is 421 g/mol. The fourth-order valence-corrected chi connectivity index (χ4v) is 3.96. The molecule has 2 aromatic carbocycles. The van der Waals surface area contributed by atoms with Gasteiger partial charge >= 0.3 is 0 Å². The maximum atomic E-state index is 12.9. The Morgan fingerprint density at radius 3 is 2.90 bits per heavy atom. The quantitative estimate of drug-likeness (QED) is 0.526. The molecule has 1 N–H and O–H groups in total. The van der Waals surface area contributed by atoms with Gasteiger partial charge in [0.15, 0.2) is 0 Å². The standard InChI is InChI=1S/C25H28N2O4/c1-18-14-20-7-3-4-9-23(20)27(18)17-24-22(10-11-31-24)25(28)26-16-19-6-5-8-21(15-19)30-13-12-29-2/h3-11,15,18H,12-14,16-17H2,1-2H3,(H,26,28). The van der Waals surface area contributed by atoms with Crippen LogP contribution in [0.25, 0.3) is 0 Å². The summed E-state index contributed by atoms with van der Waals surface area (Å²) in [6, 6.07) is 18.2. The van der Waals surface area contributed by atoms with E-state index >= 15 is 0 Å². The molecule has 0 saturated carbocycles. The molecule has 0 radical (unpaired) electrons. The second kappa shape index (κ2) is 9.71. The van der Waals surface area contributed by atoms with Crippen LogP contribution >= 0.6 is 0 Å². The molecule has 0 bridgehead atoms. The molecule has 0 fully saturated rings. The Morgan fingerprint density at radius 2 is 2.03 bits per heavy atom. The van der Waals surface area contributed by atoms with E-state index in [0.29, 0.717) is 43.7 Å². The number of rotatable bonds is 9. The number of carbonyl (C=O) groups is 1. The zero-order chi connectivity index (χ0) is 21.6. The minimum absolute atomic E-state index is 0.144. The highest BCUT2D eigenvalue weighted by atomic mass is 16.5. The summed E-state index contributed by atoms with van der Waals surface area (Å²) in [7, 11) is 1.64. The second-order valence-corrected chi connectivity index (χ2v) is 7.74. The van der Waals surface area contributed by atoms with Crippen molar-refractivity contribution in [3.05, 3.63) is 83.3 Å². The summed E-state index contributed by atoms with van der Waals surface area (Å²) < 4.78 is 16.3. The summed E-state index contributed by atoms with van der Waals surface area (Å²) in [5.74, 6) is 1.29. The van der Waals surface area contributed by atoms with Gasteiger partial charge in [-0.3, -0.25) is 4.79 Å². The van der Waals surface area contributed by atoms with Crippen LogP contribution in [0.3, 0.4) is 0 Å². The van der Waals surface area contributed by atoms with Crippen molar-refractivity contribution < 1.29 is 18.7 Å². The minimum Gasteiger partial charge on any atom is -0.491 e. The zero-order valence-corrected chi connectivity index (χ0v) is 18.0. The molecule has 1 aliphatic heterocycles. The number of carbonyl (C=O) groups excluding carboxylic acids is 1. The number of amides is 1. The molecule has 0 saturated heterocycles. The highest BCUT2D eigenvalue weighted by molar-refractivity contribution is 5.95. The van der Waals surface area contributed by atoms with Gasteiger partial charge < -0.3 is 24.1 Å². The lowest BCUT2D eigenvalue weighted by atomic mass is 10.1. The molecule has 1 unspecified atom stereocenters. The fourth-order valence-electron chi connectivity index (χ4n) is 3.96. The third kappa shape index (κ3) is 4.91. The first-order valence-electron chi connectivity index (χ1n) is 10.6. The van der Waals surface area contributed by atoms with Gasteiger partial charge in [0.1, 0.15) is 18.1 Å². The van der Waals surface area contributed by atoms with Gasteiger partial charge in [-0.1, -0.05) is 30.3 Å². The molecule has 1 aromatic heterocycles. The normalized spacial score (nSPS) is 15.0. The third-order valence-corrected chi connectivity index (χ3v) is 5.56. The number of nitrogens with one attached hydrogen (secondary N) is 1. The van der Waals surface area contributed by atoms with Gasteiger partial charge in [-0.05, 0) is 48.7 Å². The SMILES string of the molecule is COCCOc1cccc(CNC(=O)c2ccoc2CN2c3ccccc3CC2C)c1. The Kier molecular flexibility index (Phi) is 6.57. The van der Waals surface area contributed by atoms with Crippen molar-refractivity contribution >= 4 is 11.6 Å². The first-order chi connectivity index (χ1) is 15.2. The number of hydrogen-bond acceptors (Lipinski definition) is 5. The van der Waals surface area contributed by atoms with Crippen LogP contribution in [0.2, 0.25) is 0 Å². The summed E-state index contributed by atoms with van der Waals surface area (Å²) >= 11 is 0. The molecule has 1 aliphatic rings. The monoisotopic (exact) mass is 420 g/mol. The molecule has 0 aliphatic carbocycles. The lowest BCUT2D eigenvalue weighted by Gasteiger charge is -2.24. The predicted octanol–water partition coefficient (Wildman–Crippen LogP) is 4.19. The number of anilines is 1. The lowest BCUT2D eigenvalue weighted by molar-refractivity contribution is 0.0948. The van der Waals surface area contributed by atoms with Gasteiger partial charge in [-0.2, -0.15) is 0 Å². The molecule has 1 amide bonds. The average Bonchev–Trinajstić information content (AvgIpc) is 3.37. The van der Waals surface area contributed by atoms with Crippen LogP contribution in [-0.4, -0.2) is 32.3 Å². The van der Waals surface area contributed by atoms with E-state index in [1.165, 1.54) is 11.3 Å². The lowest BCUT2D eigenvalue weighted by Crippen LogP contribution is -2.30. The topological polar surface area (TPSA) is 63.9 Å². The van der Waals surface area contributed by atoms with Crippen LogP contribution in [0.4, 0.5) is 5.69 Å². The van der Waals surface area contributed by atoms with Crippen molar-refractivity contribution in [1.29, 1.82) is 0 Å². The molecule has 6 nitrogen and oxygen atoms in total. The maximum Gasteiger partial charge on any atom is 0.255 e. The van der Waals surface area contributed by atoms with E-state index in [1.54, 1.807) is 19.4 Å². The predicted molar refractivity (Wildman–Crippen MR) is 119 cm³/mol. The smallest absolute Gasteiger partial charge is 0.255 e. The maximum absolute atomic E-state index is 12.9. The molecule has 1 atom stereocenters. The van der Waals surface area contributed by atoms with E-state index in [-0.39, 0.29) is 5.91 Å². The Balaban J connectivity index is 1.39. The Labute approximate surface area is 182 Å². The summed E-state index contributed by atoms with van der Waals surface area (Å²) in [5, 5.41) is 2.99. The Bertz CT molecular complexity index is 1030. The first kappa shape index (κ1) is 21.0. The molecule has 4 rings (SSSR count). The molecule has 3 aromatic rings. The molecular weight excluding hydrogens is 392 g/mol. The van der Waals surface area contributed by atoms with Gasteiger partial charge in [-0.15, -0.1) is 0 Å². The first-order valence-corrected chi connectivity index (χ1v) is 10.6. The number of fused-ring (bicyclic) bond motifs is 1. The van der Waals surface area contributed by atoms with Crippen molar-refractivity contribution in [3.8, 4) is 5.75 Å². The van der Waals surface area contributed by atoms with Crippen LogP contribution in [-0.2, 0) is 24.2 Å². The number of methoxy groups -OCH3 is 1. The van der Waals surface area contributed by atoms with Gasteiger partial charge in [0.25, 0.3) is 5.91 Å². The number of benzene rings is 2. The molecular formula is C25H28N2O4. The Hall–Kier alpha value is -3.25. The summed E-state index contributed by atoms with van der Waals surface area (Å²) in [4.78, 5) is 15.2. The van der Waals surface area contributed by atoms with E-state index in [9.17, 15) is 4.79 Å². The van der Waals surface area contributed by atoms with Crippen molar-refractivity contribution in [2.75, 3.05) is 25.2 Å². The number of nitrogens with zero attached hydrogens (tertiary/aromatic N) is 1. The highest BCUT2D eigenvalue weighted by Crippen LogP contribution is 2.33. The van der Waals surface area contributed by atoms with E-state index in [4.69, 9.17) is 13.9 Å². The molecule has 31 heavy (non-hydrogen) atoms. The fraction of sp³-hybridized carbons (Fsp3) is 0.320. The number of hydrogen-bond donors (Lipinski definition) is 1. The van der Waals surface area contributed by atoms with E-state index in [1.807, 2.05) is 30.3 Å². The second-order valence-electron chi connectivity index (χ2n) is 7.74. The van der Waals surface area contributed by atoms with Gasteiger partial charge in [-0.25, -0.2) is 0 Å². The summed E-state index contributed by atoms with van der Waals surface area (Å²) in [6.45, 7) is 4.20. The van der Waals surface area contributed by atoms with E-state index in [2.05, 4.69) is 35.3 Å². The molecule has 2 heterocycles. The van der Waals surface area contributed by atoms with Crippen LogP contribution in [0, 0.1) is 0 Å². The number of ether oxygens (including phenoxy) is 2. The Morgan fingerprint density at radius 1 is 1.16 bits per heavy atom. The van der Waals surface area contributed by atoms with E-state index in [0.717, 1.165) is 17.7 Å². The van der Waals surface area contributed by atoms with Crippen LogP contribution in [0.15, 0.2) is 65.3 Å². The zero-order valence-electron chi connectivity index (χ0n) is 18.0. The van der Waals surface area contributed by atoms with Crippen molar-refractivity contribution in [3.63, 3.8) is 0 Å². The van der Waals surface area contributed by atoms with Crippen LogP contribution in [0.5, 0.6) is 5.75 Å². The van der Waals surface area contributed by atoms with Gasteiger partial charge in [0.05, 0.1) is 25.0 Å². The van der Waals surface area contributed by atoms with E-state index < -0.39 is 0 Å². The summed E-state index contributed by atoms with van der Waals surface area (Å²) in [6.07, 6.45) is 2.59. The van der Waals surface area contributed by atoms with Gasteiger partial charge in [0.2, 0.25) is 0 Å². The molecule has 0 spiro atoms. The van der Waals surface area contributed by atoms with Crippen molar-refractivity contribution in [2.45, 2.75) is 32.5 Å². The minimum atomic E-state index is -0.144.